The van der Waals surface area contributed by atoms with Gasteiger partial charge in [0, 0.05) is 58.4 Å². The van der Waals surface area contributed by atoms with Gasteiger partial charge in [-0.05, 0) is 111 Å². The van der Waals surface area contributed by atoms with Crippen molar-refractivity contribution < 1.29 is 45.1 Å². The molecule has 3 aromatic heterocycles. The number of hydrogen-bond acceptors (Lipinski definition) is 3. The molecule has 1 radical (unpaired) electrons. The van der Waals surface area contributed by atoms with Crippen LogP contribution in [-0.4, -0.2) is 9.97 Å². The smallest absolute Gasteiger partial charge is 0.121 e. The molecule has 0 atom stereocenters. The van der Waals surface area contributed by atoms with Gasteiger partial charge < -0.3 is 14.4 Å². The van der Waals surface area contributed by atoms with Gasteiger partial charge in [0.05, 0.1) is 5.58 Å². The van der Waals surface area contributed by atoms with Crippen molar-refractivity contribution in [1.29, 1.82) is 0 Å². The Bertz CT molecular complexity index is 3170. The van der Waals surface area contributed by atoms with Crippen molar-refractivity contribution in [3.63, 3.8) is 0 Å². The summed E-state index contributed by atoms with van der Waals surface area (Å²) in [4.78, 5) is 8.88. The second-order valence-corrected chi connectivity index (χ2v) is 16.0. The first-order chi connectivity index (χ1) is 32.6. The van der Waals surface area contributed by atoms with Gasteiger partial charge in [0.25, 0.3) is 0 Å². The molecule has 3 nitrogen and oxygen atoms in total. The Morgan fingerprint density at radius 2 is 1.23 bits per heavy atom. The molecule has 0 aliphatic rings. The minimum Gasteiger partial charge on any atom is -0.501 e. The van der Waals surface area contributed by atoms with Crippen molar-refractivity contribution in [3.8, 4) is 44.8 Å². The van der Waals surface area contributed by atoms with Crippen LogP contribution in [0.2, 0.25) is 0 Å². The van der Waals surface area contributed by atoms with Crippen LogP contribution in [0.1, 0.15) is 101 Å². The van der Waals surface area contributed by atoms with Crippen LogP contribution in [0.3, 0.4) is 0 Å². The van der Waals surface area contributed by atoms with Crippen molar-refractivity contribution in [3.05, 3.63) is 167 Å². The number of nitrogens with zero attached hydrogens (tertiary/aromatic N) is 2. The Kier molecular flexibility index (Phi) is 7.46. The minimum atomic E-state index is -2.77. The molecule has 0 fully saturated rings. The van der Waals surface area contributed by atoms with Crippen LogP contribution in [0.25, 0.3) is 66.7 Å². The zero-order chi connectivity index (χ0) is 52.4. The van der Waals surface area contributed by atoms with Gasteiger partial charge >= 0.3 is 0 Å². The van der Waals surface area contributed by atoms with Gasteiger partial charge in [-0.1, -0.05) is 126 Å². The number of benzene rings is 5. The molecule has 0 spiro atoms. The van der Waals surface area contributed by atoms with Gasteiger partial charge in [-0.25, -0.2) is 0 Å². The average molecular weight is 940 g/mol. The molecule has 0 bridgehead atoms. The molecule has 8 rings (SSSR count). The molecule has 4 heteroatoms. The van der Waals surface area contributed by atoms with Gasteiger partial charge in [0.2, 0.25) is 0 Å². The maximum absolute atomic E-state index is 8.51. The first kappa shape index (κ1) is 26.0. The number of furan rings is 1. The third kappa shape index (κ3) is 8.89. The van der Waals surface area contributed by atoms with E-state index >= 15 is 0 Å². The Hall–Kier alpha value is -5.15. The summed E-state index contributed by atoms with van der Waals surface area (Å²) in [6, 6.07) is 34.2. The number of aromatic nitrogens is 2. The average Bonchev–Trinajstić information content (AvgIpc) is 3.65. The van der Waals surface area contributed by atoms with E-state index in [0.717, 1.165) is 23.0 Å². The van der Waals surface area contributed by atoms with Crippen molar-refractivity contribution in [2.45, 2.75) is 86.6 Å². The Balaban J connectivity index is 0.000000338. The standard InChI is InChI=1S/C37H34NO.C16H18N.Ir/c1-22-11-16-28-29-9-8-10-30(36(29)39-35(28)17-22)34-20-33(25(4)21-38-34)32-19-23(2)31(18-24(32)3)26-12-14-27(15-13-26)37(5,6)7;1-12-5-7-13(8-6-12)15-10-9-14(11-17-15)16(2,3)4;/h8-9,11-21H,1-7H3;5-7,9-11H,1-4H3;/q2*-1;/i1D3,2D3,3D3,4D3;1D3;. The van der Waals surface area contributed by atoms with Crippen LogP contribution in [0.15, 0.2) is 120 Å². The molecule has 3 heterocycles. The largest absolute Gasteiger partial charge is 0.501 e. The van der Waals surface area contributed by atoms with Crippen LogP contribution < -0.4 is 0 Å². The van der Waals surface area contributed by atoms with E-state index < -0.39 is 34.3 Å². The van der Waals surface area contributed by atoms with E-state index in [-0.39, 0.29) is 75.6 Å². The van der Waals surface area contributed by atoms with Gasteiger partial charge in [-0.3, -0.25) is 0 Å². The predicted molar refractivity (Wildman–Crippen MR) is 236 cm³/mol. The summed E-state index contributed by atoms with van der Waals surface area (Å²) in [5, 5.41) is 1.28. The van der Waals surface area contributed by atoms with Gasteiger partial charge in [-0.15, -0.1) is 53.6 Å². The summed E-state index contributed by atoms with van der Waals surface area (Å²) in [6.07, 6.45) is 3.00. The Labute approximate surface area is 374 Å². The molecule has 0 aliphatic heterocycles. The van der Waals surface area contributed by atoms with E-state index in [9.17, 15) is 0 Å². The fourth-order valence-corrected chi connectivity index (χ4v) is 6.54. The van der Waals surface area contributed by atoms with Crippen molar-refractivity contribution in [2.75, 3.05) is 0 Å². The summed E-state index contributed by atoms with van der Waals surface area (Å²) in [6.45, 7) is -0.108. The summed E-state index contributed by atoms with van der Waals surface area (Å²) < 4.78 is 127. The molecule has 0 N–H and O–H groups in total. The number of pyridine rings is 2. The Morgan fingerprint density at radius 3 is 1.88 bits per heavy atom. The molecule has 57 heavy (non-hydrogen) atoms. The first-order valence-corrected chi connectivity index (χ1v) is 18.3. The maximum atomic E-state index is 8.51. The summed E-state index contributed by atoms with van der Waals surface area (Å²) in [5.41, 5.74) is 5.17. The zero-order valence-electron chi connectivity index (χ0n) is 47.6. The van der Waals surface area contributed by atoms with E-state index in [1.54, 1.807) is 42.5 Å². The minimum absolute atomic E-state index is 0. The molecular formula is C53H52IrN2O-2. The van der Waals surface area contributed by atoms with Crippen LogP contribution in [0.4, 0.5) is 0 Å². The van der Waals surface area contributed by atoms with E-state index in [0.29, 0.717) is 38.6 Å². The number of aryl methyl sites for hydroxylation is 5. The second-order valence-electron chi connectivity index (χ2n) is 16.0. The maximum Gasteiger partial charge on any atom is 0.121 e. The second kappa shape index (κ2) is 16.4. The molecule has 0 amide bonds. The quantitative estimate of drug-likeness (QED) is 0.165. The van der Waals surface area contributed by atoms with E-state index in [4.69, 9.17) is 25.0 Å². The fourth-order valence-electron chi connectivity index (χ4n) is 6.54. The molecule has 0 saturated carbocycles. The molecule has 0 saturated heterocycles. The topological polar surface area (TPSA) is 38.9 Å². The van der Waals surface area contributed by atoms with E-state index in [1.165, 1.54) is 42.0 Å². The molecule has 5 aromatic carbocycles. The van der Waals surface area contributed by atoms with Gasteiger partial charge in [0.1, 0.15) is 5.58 Å². The summed E-state index contributed by atoms with van der Waals surface area (Å²) in [5.74, 6) is 0. The van der Waals surface area contributed by atoms with E-state index in [1.807, 2.05) is 51.2 Å². The number of rotatable bonds is 4. The normalized spacial score (nSPS) is 16.6. The summed E-state index contributed by atoms with van der Waals surface area (Å²) in [7, 11) is 0. The number of hydrogen-bond donors (Lipinski definition) is 0. The zero-order valence-corrected chi connectivity index (χ0v) is 35.0. The summed E-state index contributed by atoms with van der Waals surface area (Å²) >= 11 is 0. The Morgan fingerprint density at radius 1 is 0.561 bits per heavy atom. The SMILES string of the molecule is [2H]C([2H])([2H])c1c[c-]c(-c2ccc(C(C)(C)C)cn2)cc1.[2H]C([2H])([2H])c1ccc2c(c1)oc1c(-c3cc(-c4cc(C([2H])([2H])[2H])c(-c5ccc(C(C)(C)C)cc5)cc4C([2H])([2H])[2H])c(C([2H])([2H])[2H])cn3)[c-]ccc12.[Ir]. The van der Waals surface area contributed by atoms with Crippen LogP contribution in [0, 0.1) is 46.4 Å². The van der Waals surface area contributed by atoms with E-state index in [2.05, 4.69) is 42.9 Å². The third-order valence-corrected chi connectivity index (χ3v) is 9.82. The van der Waals surface area contributed by atoms with Crippen molar-refractivity contribution >= 4 is 21.9 Å². The molecule has 0 aliphatic carbocycles. The van der Waals surface area contributed by atoms with Gasteiger partial charge in [-0.2, -0.15) is 0 Å². The van der Waals surface area contributed by atoms with Crippen molar-refractivity contribution in [2.24, 2.45) is 0 Å². The van der Waals surface area contributed by atoms with Crippen LogP contribution >= 0.6 is 0 Å². The first-order valence-electron chi connectivity index (χ1n) is 25.8. The molecule has 291 valence electrons. The number of fused-ring (bicyclic) bond motifs is 3. The van der Waals surface area contributed by atoms with Crippen LogP contribution in [0.5, 0.6) is 0 Å². The molecule has 0 unspecified atom stereocenters. The third-order valence-electron chi connectivity index (χ3n) is 9.82. The van der Waals surface area contributed by atoms with Crippen molar-refractivity contribution in [1.82, 2.24) is 9.97 Å². The van der Waals surface area contributed by atoms with Gasteiger partial charge in [0.15, 0.2) is 0 Å². The predicted octanol–water partition coefficient (Wildman–Crippen LogP) is 14.5. The molecule has 8 aromatic rings. The monoisotopic (exact) mass is 940 g/mol. The van der Waals surface area contributed by atoms with Crippen LogP contribution in [-0.2, 0) is 30.9 Å². The fraction of sp³-hybridized carbons (Fsp3) is 0.245. The molecular weight excluding hydrogens is 873 g/mol.